The molecule has 2 N–H and O–H groups in total. The van der Waals surface area contributed by atoms with E-state index in [1.54, 1.807) is 12.3 Å². The molecule has 0 atom stereocenters. The van der Waals surface area contributed by atoms with Crippen LogP contribution in [0.25, 0.3) is 0 Å². The third-order valence-electron chi connectivity index (χ3n) is 3.02. The zero-order valence-electron chi connectivity index (χ0n) is 12.0. The number of carbonyl (C=O) groups excluding carboxylic acids is 1. The number of nitrogens with zero attached hydrogens (tertiary/aromatic N) is 4. The molecule has 0 aromatic carbocycles. The number of anilines is 1. The van der Waals surface area contributed by atoms with Crippen LogP contribution < -0.4 is 5.73 Å². The first kappa shape index (κ1) is 15.6. The zero-order valence-corrected chi connectivity index (χ0v) is 13.6. The standard InChI is InChI=1S/C13H18BrN5O2/c1-3-9-13(14)10(19(4-2)16-9)8-21-12(20)7-18-6-5-11(15)17-18/h5-6H,3-4,7-8H2,1-2H3,(H2,15,17). The van der Waals surface area contributed by atoms with Crippen molar-refractivity contribution in [2.24, 2.45) is 0 Å². The number of carbonyl (C=O) groups is 1. The Hall–Kier alpha value is -1.83. The van der Waals surface area contributed by atoms with Gasteiger partial charge in [0.1, 0.15) is 19.0 Å². The minimum atomic E-state index is -0.369. The third-order valence-corrected chi connectivity index (χ3v) is 3.93. The van der Waals surface area contributed by atoms with Gasteiger partial charge in [-0.3, -0.25) is 14.2 Å². The van der Waals surface area contributed by atoms with E-state index < -0.39 is 0 Å². The third kappa shape index (κ3) is 3.63. The molecule has 2 aromatic rings. The largest absolute Gasteiger partial charge is 0.458 e. The molecule has 0 unspecified atom stereocenters. The maximum atomic E-state index is 11.8. The number of nitrogens with two attached hydrogens (primary N) is 1. The van der Waals surface area contributed by atoms with E-state index in [1.807, 2.05) is 18.5 Å². The van der Waals surface area contributed by atoms with Crippen LogP contribution in [0.4, 0.5) is 5.82 Å². The van der Waals surface area contributed by atoms with Crippen molar-refractivity contribution in [3.05, 3.63) is 28.1 Å². The Bertz CT molecular complexity index is 635. The molecule has 8 heteroatoms. The number of halogens is 1. The summed E-state index contributed by atoms with van der Waals surface area (Å²) in [6, 6.07) is 1.63. The first-order valence-corrected chi connectivity index (χ1v) is 7.53. The van der Waals surface area contributed by atoms with Gasteiger partial charge in [-0.1, -0.05) is 6.92 Å². The number of rotatable bonds is 6. The highest BCUT2D eigenvalue weighted by molar-refractivity contribution is 9.10. The number of esters is 1. The van der Waals surface area contributed by atoms with Crippen LogP contribution in [0.15, 0.2) is 16.7 Å². The Kier molecular flexibility index (Phi) is 5.00. The maximum absolute atomic E-state index is 11.8. The molecule has 0 radical (unpaired) electrons. The lowest BCUT2D eigenvalue weighted by Crippen LogP contribution is -2.15. The van der Waals surface area contributed by atoms with E-state index in [2.05, 4.69) is 26.1 Å². The summed E-state index contributed by atoms with van der Waals surface area (Å²) in [5.74, 6) is 0.00842. The number of nitrogen functional groups attached to an aromatic ring is 1. The summed E-state index contributed by atoms with van der Waals surface area (Å²) >= 11 is 3.51. The van der Waals surface area contributed by atoms with Gasteiger partial charge >= 0.3 is 5.97 Å². The normalized spacial score (nSPS) is 10.8. The summed E-state index contributed by atoms with van der Waals surface area (Å²) in [6.07, 6.45) is 2.46. The van der Waals surface area contributed by atoms with Gasteiger partial charge in [-0.15, -0.1) is 0 Å². The van der Waals surface area contributed by atoms with Gasteiger partial charge in [0.25, 0.3) is 0 Å². The number of ether oxygens (including phenoxy) is 1. The quantitative estimate of drug-likeness (QED) is 0.797. The van der Waals surface area contributed by atoms with Gasteiger partial charge in [0.05, 0.1) is 15.9 Å². The van der Waals surface area contributed by atoms with Crippen LogP contribution in [0.3, 0.4) is 0 Å². The summed E-state index contributed by atoms with van der Waals surface area (Å²) in [6.45, 7) is 4.97. The van der Waals surface area contributed by atoms with E-state index >= 15 is 0 Å². The molecular weight excluding hydrogens is 338 g/mol. The van der Waals surface area contributed by atoms with Gasteiger partial charge in [0.2, 0.25) is 0 Å². The number of hydrogen-bond acceptors (Lipinski definition) is 5. The fourth-order valence-electron chi connectivity index (χ4n) is 1.95. The number of aryl methyl sites for hydroxylation is 2. The van der Waals surface area contributed by atoms with E-state index in [1.165, 1.54) is 4.68 Å². The molecule has 0 saturated heterocycles. The number of hydrogen-bond donors (Lipinski definition) is 1. The SMILES string of the molecule is CCc1nn(CC)c(COC(=O)Cn2ccc(N)n2)c1Br. The Morgan fingerprint density at radius 3 is 2.76 bits per heavy atom. The van der Waals surface area contributed by atoms with Crippen molar-refractivity contribution in [1.82, 2.24) is 19.6 Å². The van der Waals surface area contributed by atoms with Crippen molar-refractivity contribution in [1.29, 1.82) is 0 Å². The molecule has 0 bridgehead atoms. The summed E-state index contributed by atoms with van der Waals surface area (Å²) in [7, 11) is 0. The van der Waals surface area contributed by atoms with E-state index in [0.717, 1.165) is 28.8 Å². The average Bonchev–Trinajstić information content (AvgIpc) is 3.00. The molecule has 7 nitrogen and oxygen atoms in total. The summed E-state index contributed by atoms with van der Waals surface area (Å²) in [5.41, 5.74) is 7.32. The molecular formula is C13H18BrN5O2. The van der Waals surface area contributed by atoms with Crippen molar-refractivity contribution in [2.45, 2.75) is 40.0 Å². The lowest BCUT2D eigenvalue weighted by atomic mass is 10.3. The highest BCUT2D eigenvalue weighted by Gasteiger charge is 2.15. The molecule has 114 valence electrons. The summed E-state index contributed by atoms with van der Waals surface area (Å²) < 4.78 is 9.48. The van der Waals surface area contributed by atoms with Gasteiger partial charge in [0, 0.05) is 12.7 Å². The van der Waals surface area contributed by atoms with E-state index in [0.29, 0.717) is 5.82 Å². The van der Waals surface area contributed by atoms with Gasteiger partial charge < -0.3 is 10.5 Å². The fourth-order valence-corrected chi connectivity index (χ4v) is 2.63. The molecule has 21 heavy (non-hydrogen) atoms. The Balaban J connectivity index is 1.99. The topological polar surface area (TPSA) is 88.0 Å². The summed E-state index contributed by atoms with van der Waals surface area (Å²) in [5, 5.41) is 8.40. The van der Waals surface area contributed by atoms with Crippen LogP contribution in [-0.4, -0.2) is 25.5 Å². The molecule has 2 aromatic heterocycles. The highest BCUT2D eigenvalue weighted by Crippen LogP contribution is 2.23. The van der Waals surface area contributed by atoms with Crippen LogP contribution in [0, 0.1) is 0 Å². The smallest absolute Gasteiger partial charge is 0.328 e. The van der Waals surface area contributed by atoms with Crippen molar-refractivity contribution >= 4 is 27.7 Å². The van der Waals surface area contributed by atoms with Crippen molar-refractivity contribution in [2.75, 3.05) is 5.73 Å². The highest BCUT2D eigenvalue weighted by atomic mass is 79.9. The van der Waals surface area contributed by atoms with Gasteiger partial charge in [-0.2, -0.15) is 10.2 Å². The second-order valence-electron chi connectivity index (χ2n) is 4.48. The van der Waals surface area contributed by atoms with E-state index in [4.69, 9.17) is 10.5 Å². The molecule has 2 heterocycles. The minimum Gasteiger partial charge on any atom is -0.458 e. The maximum Gasteiger partial charge on any atom is 0.328 e. The van der Waals surface area contributed by atoms with Gasteiger partial charge in [0.15, 0.2) is 0 Å². The average molecular weight is 356 g/mol. The first-order valence-electron chi connectivity index (χ1n) is 6.73. The lowest BCUT2D eigenvalue weighted by Gasteiger charge is -2.07. The minimum absolute atomic E-state index is 0.0374. The van der Waals surface area contributed by atoms with Crippen molar-refractivity contribution in [3.63, 3.8) is 0 Å². The molecule has 0 saturated carbocycles. The Morgan fingerprint density at radius 2 is 2.19 bits per heavy atom. The zero-order chi connectivity index (χ0) is 15.4. The van der Waals surface area contributed by atoms with E-state index in [-0.39, 0.29) is 19.1 Å². The molecule has 0 fully saturated rings. The van der Waals surface area contributed by atoms with E-state index in [9.17, 15) is 4.79 Å². The van der Waals surface area contributed by atoms with Gasteiger partial charge in [-0.25, -0.2) is 0 Å². The first-order chi connectivity index (χ1) is 10.0. The van der Waals surface area contributed by atoms with Crippen molar-refractivity contribution in [3.8, 4) is 0 Å². The predicted octanol–water partition coefficient (Wildman–Crippen LogP) is 1.75. The fraction of sp³-hybridized carbons (Fsp3) is 0.462. The molecule has 0 aliphatic heterocycles. The van der Waals surface area contributed by atoms with Crippen molar-refractivity contribution < 1.29 is 9.53 Å². The van der Waals surface area contributed by atoms with Crippen LogP contribution in [0.5, 0.6) is 0 Å². The monoisotopic (exact) mass is 355 g/mol. The second-order valence-corrected chi connectivity index (χ2v) is 5.27. The van der Waals surface area contributed by atoms with Crippen LogP contribution >= 0.6 is 15.9 Å². The molecule has 0 aliphatic carbocycles. The van der Waals surface area contributed by atoms with Crippen LogP contribution in [0.2, 0.25) is 0 Å². The van der Waals surface area contributed by atoms with Crippen LogP contribution in [-0.2, 0) is 35.6 Å². The summed E-state index contributed by atoms with van der Waals surface area (Å²) in [4.78, 5) is 11.8. The Morgan fingerprint density at radius 1 is 1.43 bits per heavy atom. The molecule has 0 amide bonds. The van der Waals surface area contributed by atoms with Gasteiger partial charge in [-0.05, 0) is 35.3 Å². The predicted molar refractivity (Wildman–Crippen MR) is 81.4 cm³/mol. The second kappa shape index (κ2) is 6.75. The molecule has 0 aliphatic rings. The Labute approximate surface area is 131 Å². The van der Waals surface area contributed by atoms with Crippen LogP contribution in [0.1, 0.15) is 25.2 Å². The molecule has 0 spiro atoms. The molecule has 2 rings (SSSR count). The number of aromatic nitrogens is 4. The lowest BCUT2D eigenvalue weighted by molar-refractivity contribution is -0.146.